The fraction of sp³-hybridized carbons (Fsp3) is 0.455. The number of nitrogens with zero attached hydrogens (tertiary/aromatic N) is 1. The molecule has 2 N–H and O–H groups in total. The zero-order chi connectivity index (χ0) is 11.4. The van der Waals surface area contributed by atoms with E-state index in [0.29, 0.717) is 12.4 Å². The Labute approximate surface area is 93.4 Å². The Kier molecular flexibility index (Phi) is 3.69. The fourth-order valence-electron chi connectivity index (χ4n) is 1.70. The second-order valence-corrected chi connectivity index (χ2v) is 3.83. The number of piperazine rings is 1. The van der Waals surface area contributed by atoms with Gasteiger partial charge >= 0.3 is 0 Å². The van der Waals surface area contributed by atoms with Crippen molar-refractivity contribution < 1.29 is 8.78 Å². The van der Waals surface area contributed by atoms with Gasteiger partial charge in [-0.25, -0.2) is 8.78 Å². The summed E-state index contributed by atoms with van der Waals surface area (Å²) >= 11 is 0. The Hall–Kier alpha value is -1.20. The Bertz CT molecular complexity index is 351. The van der Waals surface area contributed by atoms with E-state index in [9.17, 15) is 8.78 Å². The summed E-state index contributed by atoms with van der Waals surface area (Å²) in [6, 6.07) is 3.57. The van der Waals surface area contributed by atoms with Gasteiger partial charge in [0.05, 0.1) is 12.4 Å². The highest BCUT2D eigenvalue weighted by molar-refractivity contribution is 5.44. The van der Waals surface area contributed by atoms with Gasteiger partial charge in [-0.3, -0.25) is 4.90 Å². The topological polar surface area (TPSA) is 27.3 Å². The zero-order valence-electron chi connectivity index (χ0n) is 8.97. The van der Waals surface area contributed by atoms with Gasteiger partial charge in [0.15, 0.2) is 0 Å². The van der Waals surface area contributed by atoms with Crippen LogP contribution < -0.4 is 10.6 Å². The van der Waals surface area contributed by atoms with Crippen molar-refractivity contribution >= 4 is 5.69 Å². The van der Waals surface area contributed by atoms with E-state index in [4.69, 9.17) is 0 Å². The van der Waals surface area contributed by atoms with Crippen molar-refractivity contribution in [2.24, 2.45) is 0 Å². The molecule has 0 radical (unpaired) electrons. The summed E-state index contributed by atoms with van der Waals surface area (Å²) in [4.78, 5) is 2.18. The molecule has 1 aliphatic heterocycles. The van der Waals surface area contributed by atoms with Crippen LogP contribution in [-0.4, -0.2) is 37.7 Å². The predicted molar refractivity (Wildman–Crippen MR) is 59.3 cm³/mol. The number of hydrogen-bond donors (Lipinski definition) is 2. The molecule has 1 aromatic rings. The average molecular weight is 227 g/mol. The van der Waals surface area contributed by atoms with Crippen LogP contribution in [0.15, 0.2) is 18.2 Å². The molecule has 5 heteroatoms. The number of halogens is 2. The normalized spacial score (nSPS) is 17.4. The molecule has 0 saturated carbocycles. The van der Waals surface area contributed by atoms with Crippen LogP contribution in [0.5, 0.6) is 0 Å². The summed E-state index contributed by atoms with van der Waals surface area (Å²) in [6.45, 7) is 4.37. The predicted octanol–water partition coefficient (Wildman–Crippen LogP) is 1.24. The van der Waals surface area contributed by atoms with Gasteiger partial charge in [0, 0.05) is 32.2 Å². The van der Waals surface area contributed by atoms with Gasteiger partial charge in [0.2, 0.25) is 0 Å². The highest BCUT2D eigenvalue weighted by Crippen LogP contribution is 2.14. The van der Waals surface area contributed by atoms with E-state index < -0.39 is 11.6 Å². The monoisotopic (exact) mass is 227 g/mol. The molecule has 2 rings (SSSR count). The van der Waals surface area contributed by atoms with E-state index in [0.717, 1.165) is 32.2 Å². The lowest BCUT2D eigenvalue weighted by molar-refractivity contribution is 0.256. The Morgan fingerprint density at radius 1 is 1.25 bits per heavy atom. The third-order valence-electron chi connectivity index (χ3n) is 2.63. The van der Waals surface area contributed by atoms with Crippen LogP contribution in [-0.2, 0) is 0 Å². The molecule has 1 aliphatic rings. The molecule has 0 bridgehead atoms. The second kappa shape index (κ2) is 5.23. The third kappa shape index (κ3) is 2.90. The van der Waals surface area contributed by atoms with E-state index in [1.165, 1.54) is 12.1 Å². The van der Waals surface area contributed by atoms with E-state index in [1.54, 1.807) is 0 Å². The van der Waals surface area contributed by atoms with Gasteiger partial charge in [0.25, 0.3) is 0 Å². The number of rotatable bonds is 3. The highest BCUT2D eigenvalue weighted by Gasteiger charge is 2.09. The fourth-order valence-corrected chi connectivity index (χ4v) is 1.70. The van der Waals surface area contributed by atoms with Gasteiger partial charge in [-0.1, -0.05) is 0 Å². The van der Waals surface area contributed by atoms with Gasteiger partial charge in [0.1, 0.15) is 11.6 Å². The van der Waals surface area contributed by atoms with E-state index >= 15 is 0 Å². The van der Waals surface area contributed by atoms with Crippen molar-refractivity contribution in [3.63, 3.8) is 0 Å². The van der Waals surface area contributed by atoms with Crippen molar-refractivity contribution in [2.45, 2.75) is 0 Å². The lowest BCUT2D eigenvalue weighted by Crippen LogP contribution is -2.45. The first-order valence-electron chi connectivity index (χ1n) is 5.38. The van der Waals surface area contributed by atoms with E-state index in [1.807, 2.05) is 0 Å². The molecule has 0 aliphatic carbocycles. The van der Waals surface area contributed by atoms with Crippen LogP contribution in [0.2, 0.25) is 0 Å². The van der Waals surface area contributed by atoms with Crippen molar-refractivity contribution in [2.75, 3.05) is 38.2 Å². The molecular formula is C11H15F2N3. The lowest BCUT2D eigenvalue weighted by Gasteiger charge is -2.27. The molecule has 0 amide bonds. The summed E-state index contributed by atoms with van der Waals surface area (Å²) in [5, 5.41) is 6.20. The SMILES string of the molecule is Fc1ccc(NCN2CCNCC2)c(F)c1. The summed E-state index contributed by atoms with van der Waals surface area (Å²) in [6.07, 6.45) is 0. The molecule has 3 nitrogen and oxygen atoms in total. The molecule has 0 unspecified atom stereocenters. The van der Waals surface area contributed by atoms with Crippen LogP contribution in [0.25, 0.3) is 0 Å². The molecule has 0 aromatic heterocycles. The maximum Gasteiger partial charge on any atom is 0.149 e. The van der Waals surface area contributed by atoms with Crippen molar-refractivity contribution in [3.8, 4) is 0 Å². The molecule has 16 heavy (non-hydrogen) atoms. The summed E-state index contributed by atoms with van der Waals surface area (Å²) in [5.41, 5.74) is 0.347. The molecule has 1 heterocycles. The quantitative estimate of drug-likeness (QED) is 0.813. The second-order valence-electron chi connectivity index (χ2n) is 3.83. The molecular weight excluding hydrogens is 212 g/mol. The van der Waals surface area contributed by atoms with Crippen LogP contribution >= 0.6 is 0 Å². The van der Waals surface area contributed by atoms with Crippen molar-refractivity contribution in [1.82, 2.24) is 10.2 Å². The molecule has 1 saturated heterocycles. The zero-order valence-corrected chi connectivity index (χ0v) is 8.97. The summed E-state index contributed by atoms with van der Waals surface area (Å²) in [5.74, 6) is -1.10. The van der Waals surface area contributed by atoms with Crippen LogP contribution in [0.1, 0.15) is 0 Å². The minimum atomic E-state index is -0.551. The van der Waals surface area contributed by atoms with Crippen LogP contribution in [0.3, 0.4) is 0 Å². The first-order valence-corrected chi connectivity index (χ1v) is 5.38. The Morgan fingerprint density at radius 2 is 2.00 bits per heavy atom. The largest absolute Gasteiger partial charge is 0.370 e. The van der Waals surface area contributed by atoms with Gasteiger partial charge in [-0.2, -0.15) is 0 Å². The van der Waals surface area contributed by atoms with E-state index in [-0.39, 0.29) is 0 Å². The minimum absolute atomic E-state index is 0.347. The standard InChI is InChI=1S/C11H15F2N3/c12-9-1-2-11(10(13)7-9)15-8-16-5-3-14-4-6-16/h1-2,7,14-15H,3-6,8H2. The maximum absolute atomic E-state index is 13.3. The first kappa shape index (κ1) is 11.3. The first-order chi connectivity index (χ1) is 7.75. The average Bonchev–Trinajstić information content (AvgIpc) is 2.29. The third-order valence-corrected chi connectivity index (χ3v) is 2.63. The number of anilines is 1. The smallest absolute Gasteiger partial charge is 0.149 e. The van der Waals surface area contributed by atoms with Gasteiger partial charge < -0.3 is 10.6 Å². The molecule has 1 aromatic carbocycles. The lowest BCUT2D eigenvalue weighted by atomic mass is 10.3. The Morgan fingerprint density at radius 3 is 2.69 bits per heavy atom. The minimum Gasteiger partial charge on any atom is -0.370 e. The van der Waals surface area contributed by atoms with Crippen LogP contribution in [0.4, 0.5) is 14.5 Å². The van der Waals surface area contributed by atoms with Crippen LogP contribution in [0, 0.1) is 11.6 Å². The van der Waals surface area contributed by atoms with Crippen molar-refractivity contribution in [3.05, 3.63) is 29.8 Å². The maximum atomic E-state index is 13.3. The highest BCUT2D eigenvalue weighted by atomic mass is 19.1. The number of nitrogens with one attached hydrogen (secondary N) is 2. The van der Waals surface area contributed by atoms with Gasteiger partial charge in [-0.05, 0) is 12.1 Å². The molecule has 0 spiro atoms. The number of hydrogen-bond acceptors (Lipinski definition) is 3. The Balaban J connectivity index is 1.88. The van der Waals surface area contributed by atoms with Gasteiger partial charge in [-0.15, -0.1) is 0 Å². The molecule has 1 fully saturated rings. The van der Waals surface area contributed by atoms with E-state index in [2.05, 4.69) is 15.5 Å². The van der Waals surface area contributed by atoms with Crippen molar-refractivity contribution in [1.29, 1.82) is 0 Å². The molecule has 0 atom stereocenters. The summed E-state index contributed by atoms with van der Waals surface area (Å²) in [7, 11) is 0. The number of benzene rings is 1. The molecule has 88 valence electrons. The summed E-state index contributed by atoms with van der Waals surface area (Å²) < 4.78 is 25.9.